The maximum atomic E-state index is 12.0. The van der Waals surface area contributed by atoms with E-state index in [9.17, 15) is 9.59 Å². The van der Waals surface area contributed by atoms with Crippen molar-refractivity contribution in [3.05, 3.63) is 34.3 Å². The number of benzene rings is 1. The summed E-state index contributed by atoms with van der Waals surface area (Å²) in [5.41, 5.74) is 1.16. The summed E-state index contributed by atoms with van der Waals surface area (Å²) >= 11 is 5.92. The second kappa shape index (κ2) is 6.08. The summed E-state index contributed by atoms with van der Waals surface area (Å²) in [5, 5.41) is 9.17. The van der Waals surface area contributed by atoms with E-state index in [4.69, 9.17) is 23.1 Å². The SMILES string of the molecule is C#CCN(CC(=O)O)C(=O)c1ccc(C)c(Cl)c1. The molecule has 1 N–H and O–H groups in total. The number of aryl methyl sites for hydroxylation is 1. The Morgan fingerprint density at radius 3 is 2.67 bits per heavy atom. The third kappa shape index (κ3) is 3.51. The van der Waals surface area contributed by atoms with Crippen LogP contribution in [0.5, 0.6) is 0 Å². The van der Waals surface area contributed by atoms with Crippen LogP contribution >= 0.6 is 11.6 Å². The summed E-state index contributed by atoms with van der Waals surface area (Å²) < 4.78 is 0. The molecule has 1 aromatic rings. The lowest BCUT2D eigenvalue weighted by atomic mass is 10.1. The van der Waals surface area contributed by atoms with E-state index in [-0.39, 0.29) is 6.54 Å². The van der Waals surface area contributed by atoms with E-state index < -0.39 is 18.4 Å². The molecular formula is C13H12ClNO3. The Hall–Kier alpha value is -1.99. The Morgan fingerprint density at radius 1 is 1.50 bits per heavy atom. The van der Waals surface area contributed by atoms with Crippen LogP contribution in [0, 0.1) is 19.3 Å². The van der Waals surface area contributed by atoms with Crippen molar-refractivity contribution in [2.75, 3.05) is 13.1 Å². The smallest absolute Gasteiger partial charge is 0.323 e. The van der Waals surface area contributed by atoms with Gasteiger partial charge in [0.15, 0.2) is 0 Å². The number of hydrogen-bond acceptors (Lipinski definition) is 2. The first kappa shape index (κ1) is 14.1. The standard InChI is InChI=1S/C13H12ClNO3/c1-3-6-15(8-12(16)17)13(18)10-5-4-9(2)11(14)7-10/h1,4-5,7H,6,8H2,2H3,(H,16,17). The molecule has 0 aliphatic carbocycles. The third-order valence-electron chi connectivity index (χ3n) is 2.31. The minimum Gasteiger partial charge on any atom is -0.480 e. The molecule has 0 bridgehead atoms. The zero-order valence-electron chi connectivity index (χ0n) is 9.81. The lowest BCUT2D eigenvalue weighted by molar-refractivity contribution is -0.137. The molecule has 0 aromatic heterocycles. The first-order valence-electron chi connectivity index (χ1n) is 5.16. The molecule has 18 heavy (non-hydrogen) atoms. The van der Waals surface area contributed by atoms with Crippen LogP contribution in [0.3, 0.4) is 0 Å². The number of hydrogen-bond donors (Lipinski definition) is 1. The number of terminal acetylenes is 1. The van der Waals surface area contributed by atoms with Crippen molar-refractivity contribution in [1.29, 1.82) is 0 Å². The molecular weight excluding hydrogens is 254 g/mol. The first-order chi connectivity index (χ1) is 8.45. The molecule has 0 radical (unpaired) electrons. The highest BCUT2D eigenvalue weighted by molar-refractivity contribution is 6.31. The average Bonchev–Trinajstić information content (AvgIpc) is 2.31. The van der Waals surface area contributed by atoms with E-state index in [1.807, 2.05) is 6.92 Å². The third-order valence-corrected chi connectivity index (χ3v) is 2.72. The fourth-order valence-electron chi connectivity index (χ4n) is 1.38. The van der Waals surface area contributed by atoms with Crippen molar-refractivity contribution in [3.63, 3.8) is 0 Å². The summed E-state index contributed by atoms with van der Waals surface area (Å²) in [4.78, 5) is 23.8. The van der Waals surface area contributed by atoms with Gasteiger partial charge in [-0.3, -0.25) is 9.59 Å². The minimum absolute atomic E-state index is 0.0589. The predicted octanol–water partition coefficient (Wildman–Crippen LogP) is 1.81. The van der Waals surface area contributed by atoms with Crippen molar-refractivity contribution >= 4 is 23.5 Å². The second-order valence-corrected chi connectivity index (χ2v) is 4.13. The van der Waals surface area contributed by atoms with Gasteiger partial charge in [-0.15, -0.1) is 6.42 Å². The largest absolute Gasteiger partial charge is 0.480 e. The number of amides is 1. The number of carboxylic acid groups (broad SMARTS) is 1. The van der Waals surface area contributed by atoms with Crippen LogP contribution in [0.1, 0.15) is 15.9 Å². The predicted molar refractivity (Wildman–Crippen MR) is 68.6 cm³/mol. The van der Waals surface area contributed by atoms with Crippen LogP contribution in [0.4, 0.5) is 0 Å². The van der Waals surface area contributed by atoms with Gasteiger partial charge in [-0.2, -0.15) is 0 Å². The van der Waals surface area contributed by atoms with Crippen LogP contribution in [0.15, 0.2) is 18.2 Å². The zero-order chi connectivity index (χ0) is 13.7. The lowest BCUT2D eigenvalue weighted by Gasteiger charge is -2.18. The van der Waals surface area contributed by atoms with Crippen LogP contribution in [0.25, 0.3) is 0 Å². The molecule has 0 fully saturated rings. The van der Waals surface area contributed by atoms with E-state index in [0.29, 0.717) is 10.6 Å². The topological polar surface area (TPSA) is 57.6 Å². The Bertz CT molecular complexity index is 519. The molecule has 1 amide bonds. The Labute approximate surface area is 110 Å². The molecule has 0 atom stereocenters. The van der Waals surface area contributed by atoms with Gasteiger partial charge in [0.05, 0.1) is 6.54 Å². The van der Waals surface area contributed by atoms with Gasteiger partial charge in [0, 0.05) is 10.6 Å². The monoisotopic (exact) mass is 265 g/mol. The minimum atomic E-state index is -1.11. The highest BCUT2D eigenvalue weighted by Gasteiger charge is 2.18. The Kier molecular flexibility index (Phi) is 4.75. The van der Waals surface area contributed by atoms with Gasteiger partial charge >= 0.3 is 5.97 Å². The van der Waals surface area contributed by atoms with Gasteiger partial charge in [-0.25, -0.2) is 0 Å². The van der Waals surface area contributed by atoms with Crippen LogP contribution < -0.4 is 0 Å². The fourth-order valence-corrected chi connectivity index (χ4v) is 1.56. The van der Waals surface area contributed by atoms with Gasteiger partial charge in [0.2, 0.25) is 0 Å². The summed E-state index contributed by atoms with van der Waals surface area (Å²) in [6, 6.07) is 4.80. The molecule has 94 valence electrons. The zero-order valence-corrected chi connectivity index (χ0v) is 10.6. The first-order valence-corrected chi connectivity index (χ1v) is 5.54. The van der Waals surface area contributed by atoms with Gasteiger partial charge in [0.1, 0.15) is 6.54 Å². The molecule has 0 unspecified atom stereocenters. The van der Waals surface area contributed by atoms with Gasteiger partial charge in [-0.1, -0.05) is 23.6 Å². The van der Waals surface area contributed by atoms with Crippen molar-refractivity contribution in [3.8, 4) is 12.3 Å². The van der Waals surface area contributed by atoms with Gasteiger partial charge < -0.3 is 10.0 Å². The Balaban J connectivity index is 2.98. The number of nitrogens with zero attached hydrogens (tertiary/aromatic N) is 1. The molecule has 4 nitrogen and oxygen atoms in total. The molecule has 0 saturated heterocycles. The maximum Gasteiger partial charge on any atom is 0.323 e. The van der Waals surface area contributed by atoms with Crippen LogP contribution in [0.2, 0.25) is 5.02 Å². The van der Waals surface area contributed by atoms with Gasteiger partial charge in [-0.05, 0) is 24.6 Å². The number of halogens is 1. The number of carbonyl (C=O) groups is 2. The fraction of sp³-hybridized carbons (Fsp3) is 0.231. The maximum absolute atomic E-state index is 12.0. The molecule has 1 aromatic carbocycles. The van der Waals surface area contributed by atoms with Crippen molar-refractivity contribution < 1.29 is 14.7 Å². The van der Waals surface area contributed by atoms with Crippen LogP contribution in [-0.4, -0.2) is 35.0 Å². The van der Waals surface area contributed by atoms with Crippen LogP contribution in [-0.2, 0) is 4.79 Å². The van der Waals surface area contributed by atoms with E-state index in [1.165, 1.54) is 6.07 Å². The van der Waals surface area contributed by atoms with E-state index >= 15 is 0 Å². The molecule has 5 heteroatoms. The number of carboxylic acids is 1. The normalized spacial score (nSPS) is 9.61. The lowest BCUT2D eigenvalue weighted by Crippen LogP contribution is -2.36. The van der Waals surface area contributed by atoms with Crippen molar-refractivity contribution in [1.82, 2.24) is 4.90 Å². The summed E-state index contributed by atoms with van der Waals surface area (Å²) in [6.07, 6.45) is 5.11. The highest BCUT2D eigenvalue weighted by atomic mass is 35.5. The van der Waals surface area contributed by atoms with Crippen molar-refractivity contribution in [2.45, 2.75) is 6.92 Å². The van der Waals surface area contributed by atoms with E-state index in [2.05, 4.69) is 5.92 Å². The summed E-state index contributed by atoms with van der Waals surface area (Å²) in [7, 11) is 0. The molecule has 0 saturated carbocycles. The molecule has 0 aliphatic heterocycles. The molecule has 1 rings (SSSR count). The number of aliphatic carboxylic acids is 1. The highest BCUT2D eigenvalue weighted by Crippen LogP contribution is 2.17. The average molecular weight is 266 g/mol. The quantitative estimate of drug-likeness (QED) is 0.845. The number of carbonyl (C=O) groups excluding carboxylic acids is 1. The summed E-state index contributed by atoms with van der Waals surface area (Å²) in [5.74, 6) is 0.698. The van der Waals surface area contributed by atoms with Gasteiger partial charge in [0.25, 0.3) is 5.91 Å². The number of rotatable bonds is 4. The Morgan fingerprint density at radius 2 is 2.17 bits per heavy atom. The van der Waals surface area contributed by atoms with E-state index in [0.717, 1.165) is 10.5 Å². The summed E-state index contributed by atoms with van der Waals surface area (Å²) in [6.45, 7) is 1.32. The van der Waals surface area contributed by atoms with E-state index in [1.54, 1.807) is 12.1 Å². The van der Waals surface area contributed by atoms with Crippen molar-refractivity contribution in [2.24, 2.45) is 0 Å². The molecule has 0 spiro atoms. The molecule has 0 aliphatic rings. The molecule has 0 heterocycles. The second-order valence-electron chi connectivity index (χ2n) is 3.72.